The minimum Gasteiger partial charge on any atom is -0.308 e. The van der Waals surface area contributed by atoms with Crippen LogP contribution in [0.5, 0.6) is 0 Å². The fourth-order valence-corrected chi connectivity index (χ4v) is 10.6. The zero-order valence-corrected chi connectivity index (χ0v) is 36.1. The van der Waals surface area contributed by atoms with Crippen molar-refractivity contribution >= 4 is 53.3 Å². The number of benzene rings is 9. The molecule has 0 aliphatic carbocycles. The first-order valence-electron chi connectivity index (χ1n) is 21.7. The minimum absolute atomic E-state index is 0.608. The molecule has 3 aromatic heterocycles. The lowest BCUT2D eigenvalue weighted by molar-refractivity contribution is 1.06. The van der Waals surface area contributed by atoms with Gasteiger partial charge in [-0.1, -0.05) is 164 Å². The van der Waals surface area contributed by atoms with Gasteiger partial charge in [0.1, 0.15) is 0 Å². The van der Waals surface area contributed by atoms with Crippen molar-refractivity contribution in [2.24, 2.45) is 0 Å². The molecular formula is C59H40N4S. The smallest absolute Gasteiger partial charge is 0.166 e. The Morgan fingerprint density at radius 2 is 0.828 bits per heavy atom. The molecule has 4 nitrogen and oxygen atoms in total. The summed E-state index contributed by atoms with van der Waals surface area (Å²) in [5.74, 6) is 1.86. The molecule has 0 saturated heterocycles. The Hall–Kier alpha value is -7.99. The fourth-order valence-electron chi connectivity index (χ4n) is 9.39. The van der Waals surface area contributed by atoms with E-state index in [2.05, 4.69) is 188 Å². The molecule has 0 fully saturated rings. The lowest BCUT2D eigenvalue weighted by atomic mass is 9.97. The molecule has 12 rings (SSSR count). The van der Waals surface area contributed by atoms with Gasteiger partial charge in [0.2, 0.25) is 0 Å². The third kappa shape index (κ3) is 6.40. The highest BCUT2D eigenvalue weighted by Crippen LogP contribution is 2.44. The predicted molar refractivity (Wildman–Crippen MR) is 269 cm³/mol. The third-order valence-electron chi connectivity index (χ3n) is 12.6. The standard InChI is InChI=1S/C59H40N4S/c1-37-16-9-11-22-44(37)41-28-31-52-49(34-41)50-35-42(45-23-12-10-17-38(45)2)29-32-53(50)63(52)54-33-30-43(46-25-15-26-48-47-24-13-14-27-55(47)64-56(46)48)36-51(54)59-61-57(39-18-5-3-6-19-39)60-58(62-59)40-20-7-4-8-21-40/h3-36H,1-2H3. The van der Waals surface area contributed by atoms with Gasteiger partial charge in [-0.2, -0.15) is 0 Å². The van der Waals surface area contributed by atoms with Crippen LogP contribution >= 0.6 is 11.3 Å². The summed E-state index contributed by atoms with van der Waals surface area (Å²) in [6.45, 7) is 4.38. The van der Waals surface area contributed by atoms with Gasteiger partial charge in [-0.3, -0.25) is 0 Å². The Kier molecular flexibility index (Phi) is 9.09. The Morgan fingerprint density at radius 3 is 1.44 bits per heavy atom. The lowest BCUT2D eigenvalue weighted by Crippen LogP contribution is -2.04. The first kappa shape index (κ1) is 37.7. The van der Waals surface area contributed by atoms with Crippen molar-refractivity contribution < 1.29 is 0 Å². The molecule has 0 saturated carbocycles. The Morgan fingerprint density at radius 1 is 0.344 bits per heavy atom. The SMILES string of the molecule is Cc1ccccc1-c1ccc2c(c1)c1cc(-c3ccccc3C)ccc1n2-c1ccc(-c2cccc3c2sc2ccccc23)cc1-c1nc(-c2ccccc2)nc(-c2ccccc2)n1. The van der Waals surface area contributed by atoms with Crippen LogP contribution in [0.3, 0.4) is 0 Å². The quantitative estimate of drug-likeness (QED) is 0.161. The number of nitrogens with zero attached hydrogens (tertiary/aromatic N) is 4. The van der Waals surface area contributed by atoms with Crippen LogP contribution in [0, 0.1) is 13.8 Å². The molecule has 0 atom stereocenters. The van der Waals surface area contributed by atoms with E-state index in [1.165, 1.54) is 69.9 Å². The number of rotatable bonds is 7. The van der Waals surface area contributed by atoms with Crippen molar-refractivity contribution in [3.8, 4) is 73.2 Å². The molecule has 0 amide bonds. The molecular weight excluding hydrogens is 797 g/mol. The van der Waals surface area contributed by atoms with E-state index in [9.17, 15) is 0 Å². The summed E-state index contributed by atoms with van der Waals surface area (Å²) in [7, 11) is 0. The van der Waals surface area contributed by atoms with E-state index in [1.807, 2.05) is 47.7 Å². The van der Waals surface area contributed by atoms with Crippen LogP contribution in [0.1, 0.15) is 11.1 Å². The number of thiophene rings is 1. The van der Waals surface area contributed by atoms with Crippen LogP contribution in [0.15, 0.2) is 206 Å². The highest BCUT2D eigenvalue weighted by molar-refractivity contribution is 7.26. The molecule has 302 valence electrons. The molecule has 0 spiro atoms. The molecule has 0 radical (unpaired) electrons. The molecule has 12 aromatic rings. The summed E-state index contributed by atoms with van der Waals surface area (Å²) < 4.78 is 4.96. The summed E-state index contributed by atoms with van der Waals surface area (Å²) in [6, 6.07) is 73.8. The molecule has 9 aromatic carbocycles. The largest absolute Gasteiger partial charge is 0.308 e. The van der Waals surface area contributed by atoms with Gasteiger partial charge < -0.3 is 4.57 Å². The monoisotopic (exact) mass is 836 g/mol. The third-order valence-corrected chi connectivity index (χ3v) is 13.8. The van der Waals surface area contributed by atoms with Gasteiger partial charge in [0.05, 0.1) is 16.7 Å². The van der Waals surface area contributed by atoms with E-state index in [4.69, 9.17) is 15.0 Å². The van der Waals surface area contributed by atoms with Crippen LogP contribution in [0.25, 0.3) is 115 Å². The minimum atomic E-state index is 0.608. The summed E-state index contributed by atoms with van der Waals surface area (Å²) in [4.78, 5) is 15.8. The highest BCUT2D eigenvalue weighted by Gasteiger charge is 2.22. The molecule has 0 aliphatic rings. The van der Waals surface area contributed by atoms with E-state index in [1.54, 1.807) is 0 Å². The number of aromatic nitrogens is 4. The summed E-state index contributed by atoms with van der Waals surface area (Å²) in [5.41, 5.74) is 15.6. The van der Waals surface area contributed by atoms with E-state index >= 15 is 0 Å². The van der Waals surface area contributed by atoms with E-state index in [0.717, 1.165) is 39.0 Å². The number of fused-ring (bicyclic) bond motifs is 6. The van der Waals surface area contributed by atoms with Gasteiger partial charge in [0, 0.05) is 47.6 Å². The van der Waals surface area contributed by atoms with Crippen molar-refractivity contribution in [1.29, 1.82) is 0 Å². The van der Waals surface area contributed by atoms with Crippen molar-refractivity contribution in [2.75, 3.05) is 0 Å². The van der Waals surface area contributed by atoms with Gasteiger partial charge in [0.25, 0.3) is 0 Å². The topological polar surface area (TPSA) is 43.6 Å². The zero-order chi connectivity index (χ0) is 42.7. The normalized spacial score (nSPS) is 11.6. The lowest BCUT2D eigenvalue weighted by Gasteiger charge is -2.17. The first-order valence-corrected chi connectivity index (χ1v) is 22.5. The van der Waals surface area contributed by atoms with Gasteiger partial charge in [-0.15, -0.1) is 11.3 Å². The van der Waals surface area contributed by atoms with E-state index < -0.39 is 0 Å². The summed E-state index contributed by atoms with van der Waals surface area (Å²) in [6.07, 6.45) is 0. The van der Waals surface area contributed by atoms with Gasteiger partial charge in [-0.05, 0) is 101 Å². The average molecular weight is 837 g/mol. The van der Waals surface area contributed by atoms with Crippen molar-refractivity contribution in [3.63, 3.8) is 0 Å². The Balaban J connectivity index is 1.17. The second-order valence-electron chi connectivity index (χ2n) is 16.5. The maximum absolute atomic E-state index is 5.36. The summed E-state index contributed by atoms with van der Waals surface area (Å²) >= 11 is 1.84. The van der Waals surface area contributed by atoms with Crippen LogP contribution in [0.2, 0.25) is 0 Å². The average Bonchev–Trinajstić information content (AvgIpc) is 3.90. The number of hydrogen-bond donors (Lipinski definition) is 0. The molecule has 0 bridgehead atoms. The number of hydrogen-bond acceptors (Lipinski definition) is 4. The van der Waals surface area contributed by atoms with Gasteiger partial charge in [-0.25, -0.2) is 15.0 Å². The zero-order valence-electron chi connectivity index (χ0n) is 35.3. The second kappa shape index (κ2) is 15.4. The van der Waals surface area contributed by atoms with Crippen molar-refractivity contribution in [2.45, 2.75) is 13.8 Å². The summed E-state index contributed by atoms with van der Waals surface area (Å²) in [5, 5.41) is 4.90. The fraction of sp³-hybridized carbons (Fsp3) is 0.0339. The predicted octanol–water partition coefficient (Wildman–Crippen LogP) is 16.0. The maximum atomic E-state index is 5.36. The Labute approximate surface area is 375 Å². The molecule has 5 heteroatoms. The molecule has 3 heterocycles. The molecule has 0 unspecified atom stereocenters. The van der Waals surface area contributed by atoms with Gasteiger partial charge >= 0.3 is 0 Å². The van der Waals surface area contributed by atoms with Crippen LogP contribution in [-0.2, 0) is 0 Å². The first-order chi connectivity index (χ1) is 31.6. The van der Waals surface area contributed by atoms with Crippen LogP contribution in [-0.4, -0.2) is 19.5 Å². The van der Waals surface area contributed by atoms with Crippen LogP contribution < -0.4 is 0 Å². The molecule has 0 N–H and O–H groups in total. The van der Waals surface area contributed by atoms with Crippen LogP contribution in [0.4, 0.5) is 0 Å². The Bertz CT molecular complexity index is 3590. The molecule has 0 aliphatic heterocycles. The van der Waals surface area contributed by atoms with Gasteiger partial charge in [0.15, 0.2) is 17.5 Å². The van der Waals surface area contributed by atoms with E-state index in [0.29, 0.717) is 17.5 Å². The van der Waals surface area contributed by atoms with E-state index in [-0.39, 0.29) is 0 Å². The number of aryl methyl sites for hydroxylation is 2. The second-order valence-corrected chi connectivity index (χ2v) is 17.5. The highest BCUT2D eigenvalue weighted by atomic mass is 32.1. The van der Waals surface area contributed by atoms with Crippen molar-refractivity contribution in [3.05, 3.63) is 217 Å². The maximum Gasteiger partial charge on any atom is 0.166 e. The molecule has 64 heavy (non-hydrogen) atoms. The van der Waals surface area contributed by atoms with Crippen molar-refractivity contribution in [1.82, 2.24) is 19.5 Å².